The van der Waals surface area contributed by atoms with E-state index in [0.29, 0.717) is 29.9 Å². The number of morpholine rings is 1. The summed E-state index contributed by atoms with van der Waals surface area (Å²) in [5, 5.41) is 0. The van der Waals surface area contributed by atoms with Crippen LogP contribution in [0.1, 0.15) is 116 Å². The van der Waals surface area contributed by atoms with Gasteiger partial charge in [-0.05, 0) is 92.7 Å². The summed E-state index contributed by atoms with van der Waals surface area (Å²) in [6, 6.07) is 4.40. The number of hydrogen-bond acceptors (Lipinski definition) is 5. The molecular formula is C33H51NO4. The van der Waals surface area contributed by atoms with Gasteiger partial charge in [0.05, 0.1) is 18.8 Å². The molecular weight excluding hydrogens is 474 g/mol. The van der Waals surface area contributed by atoms with Crippen LogP contribution in [0.2, 0.25) is 0 Å². The molecule has 4 rings (SSSR count). The van der Waals surface area contributed by atoms with Gasteiger partial charge in [-0.3, -0.25) is 9.69 Å². The number of esters is 1. The molecule has 0 aromatic heterocycles. The zero-order valence-corrected chi connectivity index (χ0v) is 24.9. The summed E-state index contributed by atoms with van der Waals surface area (Å²) in [5.41, 5.74) is 4.63. The van der Waals surface area contributed by atoms with E-state index in [1.54, 1.807) is 0 Å². The van der Waals surface area contributed by atoms with Crippen LogP contribution in [0, 0.1) is 11.8 Å². The topological polar surface area (TPSA) is 48.0 Å². The average Bonchev–Trinajstić information content (AvgIpc) is 2.88. The monoisotopic (exact) mass is 525 g/mol. The summed E-state index contributed by atoms with van der Waals surface area (Å²) in [5.74, 6) is 2.99. The Labute approximate surface area is 231 Å². The second-order valence-corrected chi connectivity index (χ2v) is 12.6. The fourth-order valence-corrected chi connectivity index (χ4v) is 6.44. The molecule has 1 fully saturated rings. The number of carbonyl (C=O) groups excluding carboxylic acids is 1. The van der Waals surface area contributed by atoms with Crippen molar-refractivity contribution in [3.05, 3.63) is 28.8 Å². The Bertz CT molecular complexity index is 991. The van der Waals surface area contributed by atoms with Gasteiger partial charge in [0.25, 0.3) is 0 Å². The van der Waals surface area contributed by atoms with Crippen LogP contribution in [0.3, 0.4) is 0 Å². The van der Waals surface area contributed by atoms with Crippen LogP contribution in [0.5, 0.6) is 11.5 Å². The van der Waals surface area contributed by atoms with Crippen LogP contribution in [-0.4, -0.2) is 49.3 Å². The molecule has 3 aliphatic rings. The number of rotatable bonds is 11. The summed E-state index contributed by atoms with van der Waals surface area (Å²) in [4.78, 5) is 15.5. The zero-order valence-electron chi connectivity index (χ0n) is 24.9. The molecule has 1 aromatic rings. The van der Waals surface area contributed by atoms with E-state index in [1.165, 1.54) is 48.8 Å². The molecule has 0 N–H and O–H groups in total. The third-order valence-electron chi connectivity index (χ3n) is 9.11. The average molecular weight is 526 g/mol. The number of ether oxygens (including phenoxy) is 3. The highest BCUT2D eigenvalue weighted by molar-refractivity contribution is 5.84. The summed E-state index contributed by atoms with van der Waals surface area (Å²) in [6.07, 6.45) is 9.46. The van der Waals surface area contributed by atoms with Gasteiger partial charge in [0.2, 0.25) is 0 Å². The van der Waals surface area contributed by atoms with E-state index >= 15 is 0 Å². The van der Waals surface area contributed by atoms with Gasteiger partial charge in [0.15, 0.2) is 0 Å². The van der Waals surface area contributed by atoms with Crippen LogP contribution < -0.4 is 9.47 Å². The SMILES string of the molecule is CCCCCC(C)C(C)c1cc(OC(=O)CCCN2CCOCC2)c2c(c1)OC(C)(C)C1=C2CC(C)CC1. The van der Waals surface area contributed by atoms with Gasteiger partial charge in [-0.15, -0.1) is 0 Å². The Hall–Kier alpha value is -1.85. The fraction of sp³-hybridized carbons (Fsp3) is 0.727. The first-order valence-corrected chi connectivity index (χ1v) is 15.3. The minimum absolute atomic E-state index is 0.142. The van der Waals surface area contributed by atoms with Crippen molar-refractivity contribution in [3.63, 3.8) is 0 Å². The second kappa shape index (κ2) is 13.0. The maximum atomic E-state index is 13.2. The Balaban J connectivity index is 1.60. The van der Waals surface area contributed by atoms with Gasteiger partial charge < -0.3 is 14.2 Å². The maximum Gasteiger partial charge on any atom is 0.311 e. The van der Waals surface area contributed by atoms with Gasteiger partial charge in [0.1, 0.15) is 17.1 Å². The van der Waals surface area contributed by atoms with Crippen molar-refractivity contribution >= 4 is 11.5 Å². The Morgan fingerprint density at radius 2 is 1.92 bits per heavy atom. The largest absolute Gasteiger partial charge is 0.483 e. The minimum atomic E-state index is -0.337. The molecule has 3 atom stereocenters. The zero-order chi connectivity index (χ0) is 27.3. The predicted molar refractivity (Wildman–Crippen MR) is 155 cm³/mol. The lowest BCUT2D eigenvalue weighted by molar-refractivity contribution is -0.134. The van der Waals surface area contributed by atoms with Crippen LogP contribution in [-0.2, 0) is 9.53 Å². The lowest BCUT2D eigenvalue weighted by atomic mass is 9.74. The highest BCUT2D eigenvalue weighted by atomic mass is 16.5. The highest BCUT2D eigenvalue weighted by Gasteiger charge is 2.39. The first-order chi connectivity index (χ1) is 18.2. The fourth-order valence-electron chi connectivity index (χ4n) is 6.44. The van der Waals surface area contributed by atoms with Crippen LogP contribution >= 0.6 is 0 Å². The summed E-state index contributed by atoms with van der Waals surface area (Å²) >= 11 is 0. The van der Waals surface area contributed by atoms with E-state index in [1.807, 2.05) is 0 Å². The molecule has 2 heterocycles. The number of allylic oxidation sites excluding steroid dienone is 1. The summed E-state index contributed by atoms with van der Waals surface area (Å²) < 4.78 is 18.4. The third kappa shape index (κ3) is 7.01. The van der Waals surface area contributed by atoms with Gasteiger partial charge in [-0.1, -0.05) is 53.4 Å². The molecule has 1 aromatic carbocycles. The normalized spacial score (nSPS) is 22.7. The van der Waals surface area contributed by atoms with Gasteiger partial charge in [-0.25, -0.2) is 0 Å². The highest BCUT2D eigenvalue weighted by Crippen LogP contribution is 2.52. The Morgan fingerprint density at radius 3 is 2.66 bits per heavy atom. The van der Waals surface area contributed by atoms with E-state index in [4.69, 9.17) is 14.2 Å². The third-order valence-corrected chi connectivity index (χ3v) is 9.11. The van der Waals surface area contributed by atoms with Crippen LogP contribution in [0.4, 0.5) is 0 Å². The van der Waals surface area contributed by atoms with Gasteiger partial charge in [0, 0.05) is 19.5 Å². The number of fused-ring (bicyclic) bond motifs is 2. The van der Waals surface area contributed by atoms with Gasteiger partial charge in [-0.2, -0.15) is 0 Å². The molecule has 0 spiro atoms. The maximum absolute atomic E-state index is 13.2. The van der Waals surface area contributed by atoms with E-state index in [0.717, 1.165) is 63.4 Å². The number of unbranched alkanes of at least 4 members (excludes halogenated alkanes) is 2. The van der Waals surface area contributed by atoms with Crippen LogP contribution in [0.15, 0.2) is 17.7 Å². The van der Waals surface area contributed by atoms with Crippen molar-refractivity contribution in [1.29, 1.82) is 0 Å². The van der Waals surface area contributed by atoms with Crippen molar-refractivity contribution in [2.24, 2.45) is 11.8 Å². The van der Waals surface area contributed by atoms with Crippen molar-refractivity contribution in [2.75, 3.05) is 32.8 Å². The van der Waals surface area contributed by atoms with Crippen molar-refractivity contribution in [2.45, 2.75) is 111 Å². The Kier molecular flexibility index (Phi) is 9.97. The quantitative estimate of drug-likeness (QED) is 0.168. The van der Waals surface area contributed by atoms with Crippen molar-refractivity contribution < 1.29 is 19.0 Å². The molecule has 5 nitrogen and oxygen atoms in total. The first kappa shape index (κ1) is 29.1. The van der Waals surface area contributed by atoms with Crippen LogP contribution in [0.25, 0.3) is 5.57 Å². The molecule has 212 valence electrons. The lowest BCUT2D eigenvalue weighted by Crippen LogP contribution is -2.37. The van der Waals surface area contributed by atoms with Crippen molar-refractivity contribution in [1.82, 2.24) is 4.90 Å². The molecule has 1 aliphatic carbocycles. The molecule has 0 amide bonds. The molecule has 0 saturated carbocycles. The molecule has 0 bridgehead atoms. The molecule has 5 heteroatoms. The molecule has 0 radical (unpaired) electrons. The minimum Gasteiger partial charge on any atom is -0.483 e. The smallest absolute Gasteiger partial charge is 0.311 e. The number of nitrogens with zero attached hydrogens (tertiary/aromatic N) is 1. The van der Waals surface area contributed by atoms with Crippen molar-refractivity contribution in [3.8, 4) is 11.5 Å². The predicted octanol–water partition coefficient (Wildman–Crippen LogP) is 7.77. The first-order valence-electron chi connectivity index (χ1n) is 15.3. The molecule has 3 unspecified atom stereocenters. The molecule has 2 aliphatic heterocycles. The Morgan fingerprint density at radius 1 is 1.16 bits per heavy atom. The molecule has 38 heavy (non-hydrogen) atoms. The number of hydrogen-bond donors (Lipinski definition) is 0. The number of benzene rings is 1. The molecule has 1 saturated heterocycles. The van der Waals surface area contributed by atoms with Gasteiger partial charge >= 0.3 is 5.97 Å². The van der Waals surface area contributed by atoms with E-state index < -0.39 is 0 Å². The summed E-state index contributed by atoms with van der Waals surface area (Å²) in [7, 11) is 0. The van der Waals surface area contributed by atoms with E-state index in [2.05, 4.69) is 58.6 Å². The summed E-state index contributed by atoms with van der Waals surface area (Å²) in [6.45, 7) is 18.0. The van der Waals surface area contributed by atoms with E-state index in [9.17, 15) is 4.79 Å². The standard InChI is InChI=1S/C33H51NO4/c1-7-8-9-11-24(3)25(4)26-21-29(37-31(35)12-10-15-34-16-18-36-19-17-34)32-27-20-23(2)13-14-28(27)33(5,6)38-30(32)22-26/h21-25H,7-20H2,1-6H3. The number of carbonyl (C=O) groups is 1. The lowest BCUT2D eigenvalue weighted by Gasteiger charge is -2.41. The van der Waals surface area contributed by atoms with E-state index in [-0.39, 0.29) is 11.6 Å². The second-order valence-electron chi connectivity index (χ2n) is 12.6.